The van der Waals surface area contributed by atoms with Crippen LogP contribution in [0.5, 0.6) is 0 Å². The summed E-state index contributed by atoms with van der Waals surface area (Å²) < 4.78 is 37.7. The fourth-order valence-electron chi connectivity index (χ4n) is 3.50. The molecular formula is C22H32BFN2O6. The Morgan fingerprint density at radius 1 is 1.16 bits per heavy atom. The maximum Gasteiger partial charge on any atom is 0.497 e. The lowest BCUT2D eigenvalue weighted by atomic mass is 9.78. The van der Waals surface area contributed by atoms with Crippen LogP contribution in [0, 0.1) is 5.82 Å². The van der Waals surface area contributed by atoms with Crippen molar-refractivity contribution < 1.29 is 32.8 Å². The van der Waals surface area contributed by atoms with Gasteiger partial charge in [-0.3, -0.25) is 9.80 Å². The van der Waals surface area contributed by atoms with Gasteiger partial charge < -0.3 is 18.8 Å². The van der Waals surface area contributed by atoms with Gasteiger partial charge in [0.15, 0.2) is 5.66 Å². The molecule has 0 unspecified atom stereocenters. The first-order valence-electron chi connectivity index (χ1n) is 10.6. The summed E-state index contributed by atoms with van der Waals surface area (Å²) in [7, 11) is 0.633. The zero-order valence-electron chi connectivity index (χ0n) is 20.2. The van der Waals surface area contributed by atoms with Crippen LogP contribution in [0.15, 0.2) is 18.2 Å². The average Bonchev–Trinajstić information content (AvgIpc) is 3.05. The molecule has 2 aliphatic rings. The van der Waals surface area contributed by atoms with Crippen LogP contribution in [0.4, 0.5) is 19.7 Å². The smallest absolute Gasteiger partial charge is 0.445 e. The van der Waals surface area contributed by atoms with E-state index in [0.29, 0.717) is 0 Å². The Labute approximate surface area is 189 Å². The summed E-state index contributed by atoms with van der Waals surface area (Å²) in [6.45, 7) is 14.4. The molecule has 0 bridgehead atoms. The van der Waals surface area contributed by atoms with E-state index >= 15 is 4.39 Å². The van der Waals surface area contributed by atoms with Gasteiger partial charge in [0.25, 0.3) is 0 Å². The maximum absolute atomic E-state index is 15.2. The minimum Gasteiger partial charge on any atom is -0.445 e. The fourth-order valence-corrected chi connectivity index (χ4v) is 3.50. The lowest BCUT2D eigenvalue weighted by Gasteiger charge is -2.40. The highest BCUT2D eigenvalue weighted by molar-refractivity contribution is 6.62. The third-order valence-electron chi connectivity index (χ3n) is 6.27. The number of hydrogen-bond donors (Lipinski definition) is 0. The van der Waals surface area contributed by atoms with Crippen molar-refractivity contribution in [1.82, 2.24) is 4.90 Å². The zero-order chi connectivity index (χ0) is 24.3. The summed E-state index contributed by atoms with van der Waals surface area (Å²) in [5.74, 6) is -0.594. The lowest BCUT2D eigenvalue weighted by molar-refractivity contribution is 0.00578. The van der Waals surface area contributed by atoms with Crippen LogP contribution in [-0.4, -0.2) is 60.3 Å². The van der Waals surface area contributed by atoms with Crippen LogP contribution in [0.3, 0.4) is 0 Å². The molecule has 8 nitrogen and oxygen atoms in total. The molecule has 3 rings (SSSR count). The lowest BCUT2D eigenvalue weighted by Crippen LogP contribution is -2.59. The molecule has 1 atom stereocenters. The molecule has 32 heavy (non-hydrogen) atoms. The van der Waals surface area contributed by atoms with E-state index in [4.69, 9.17) is 18.8 Å². The highest BCUT2D eigenvalue weighted by Crippen LogP contribution is 2.38. The highest BCUT2D eigenvalue weighted by atomic mass is 19.1. The molecule has 0 aromatic heterocycles. The molecule has 2 amide bonds. The molecule has 0 radical (unpaired) electrons. The molecular weight excluding hydrogens is 418 g/mol. The van der Waals surface area contributed by atoms with E-state index in [1.54, 1.807) is 33.8 Å². The topological polar surface area (TPSA) is 77.5 Å². The molecule has 0 aliphatic carbocycles. The summed E-state index contributed by atoms with van der Waals surface area (Å²) in [6.07, 6.45) is -1.32. The van der Waals surface area contributed by atoms with Gasteiger partial charge in [-0.25, -0.2) is 14.0 Å². The predicted octanol–water partition coefficient (Wildman–Crippen LogP) is 3.66. The fraction of sp³-hybridized carbons (Fsp3) is 0.636. The van der Waals surface area contributed by atoms with Gasteiger partial charge in [0.2, 0.25) is 0 Å². The second-order valence-corrected chi connectivity index (χ2v) is 10.4. The number of rotatable bonds is 3. The Hall–Kier alpha value is -2.33. The van der Waals surface area contributed by atoms with Crippen LogP contribution in [0.25, 0.3) is 0 Å². The molecule has 0 N–H and O–H groups in total. The third-order valence-corrected chi connectivity index (χ3v) is 6.27. The largest absolute Gasteiger partial charge is 0.497 e. The Bertz CT molecular complexity index is 915. The summed E-state index contributed by atoms with van der Waals surface area (Å²) in [4.78, 5) is 27.8. The number of hydrogen-bond acceptors (Lipinski definition) is 6. The van der Waals surface area contributed by atoms with E-state index in [1.807, 2.05) is 27.7 Å². The summed E-state index contributed by atoms with van der Waals surface area (Å²) in [5.41, 5.74) is -2.69. The maximum atomic E-state index is 15.2. The van der Waals surface area contributed by atoms with Gasteiger partial charge in [0.1, 0.15) is 18.0 Å². The van der Waals surface area contributed by atoms with Gasteiger partial charge in [-0.1, -0.05) is 6.07 Å². The number of carbonyl (C=O) groups excluding carboxylic acids is 2. The molecule has 0 spiro atoms. The van der Waals surface area contributed by atoms with Crippen LogP contribution in [-0.2, 0) is 18.8 Å². The van der Waals surface area contributed by atoms with E-state index in [2.05, 4.69) is 0 Å². The molecule has 1 aromatic carbocycles. The third kappa shape index (κ3) is 4.18. The molecule has 2 saturated heterocycles. The number of ether oxygens (including phenoxy) is 2. The Kier molecular flexibility index (Phi) is 5.79. The molecule has 1 aromatic rings. The normalized spacial score (nSPS) is 24.5. The van der Waals surface area contributed by atoms with Crippen molar-refractivity contribution in [3.05, 3.63) is 24.0 Å². The molecule has 10 heteroatoms. The van der Waals surface area contributed by atoms with Crippen LogP contribution < -0.4 is 10.4 Å². The van der Waals surface area contributed by atoms with Crippen molar-refractivity contribution in [2.75, 3.05) is 18.6 Å². The van der Waals surface area contributed by atoms with Crippen LogP contribution in [0.2, 0.25) is 0 Å². The SMILES string of the molecule is CN(C(=O)OC(C)(C)C)[C@]1(C)COC(=O)N1c1ccc(B2OC(C)(C)C(C)(C)O2)c(F)c1. The Balaban J connectivity index is 1.90. The number of benzene rings is 1. The van der Waals surface area contributed by atoms with E-state index in [1.165, 1.54) is 29.0 Å². The summed E-state index contributed by atoms with van der Waals surface area (Å²) in [6, 6.07) is 4.32. The monoisotopic (exact) mass is 450 g/mol. The van der Waals surface area contributed by atoms with Gasteiger partial charge in [-0.2, -0.15) is 0 Å². The first-order valence-corrected chi connectivity index (χ1v) is 10.6. The Morgan fingerprint density at radius 3 is 2.22 bits per heavy atom. The molecule has 176 valence electrons. The standard InChI is InChI=1S/C22H32BFN2O6/c1-19(2,3)30-17(27)25(9)22(8)13-29-18(28)26(22)14-10-11-15(16(24)12-14)23-31-20(4,5)21(6,7)32-23/h10-12H,13H2,1-9H3/t22-/m0/s1. The van der Waals surface area contributed by atoms with Gasteiger partial charge in [0.05, 0.1) is 16.9 Å². The van der Waals surface area contributed by atoms with Crippen molar-refractivity contribution in [2.24, 2.45) is 0 Å². The van der Waals surface area contributed by atoms with Gasteiger partial charge >= 0.3 is 19.3 Å². The van der Waals surface area contributed by atoms with E-state index in [9.17, 15) is 9.59 Å². The van der Waals surface area contributed by atoms with E-state index in [-0.39, 0.29) is 17.8 Å². The minimum atomic E-state index is -1.21. The first kappa shape index (κ1) is 24.3. The number of nitrogens with zero attached hydrogens (tertiary/aromatic N) is 2. The summed E-state index contributed by atoms with van der Waals surface area (Å²) in [5, 5.41) is 0. The van der Waals surface area contributed by atoms with Crippen molar-refractivity contribution in [1.29, 1.82) is 0 Å². The first-order chi connectivity index (χ1) is 14.5. The molecule has 0 saturated carbocycles. The average molecular weight is 450 g/mol. The molecule has 2 fully saturated rings. The second-order valence-electron chi connectivity index (χ2n) is 10.4. The van der Waals surface area contributed by atoms with Crippen molar-refractivity contribution in [3.8, 4) is 0 Å². The highest BCUT2D eigenvalue weighted by Gasteiger charge is 2.53. The molecule has 2 aliphatic heterocycles. The van der Waals surface area contributed by atoms with E-state index < -0.39 is 47.6 Å². The van der Waals surface area contributed by atoms with E-state index in [0.717, 1.165) is 0 Å². The number of likely N-dealkylation sites (N-methyl/N-ethyl adjacent to an activating group) is 1. The summed E-state index contributed by atoms with van der Waals surface area (Å²) >= 11 is 0. The molecule has 2 heterocycles. The number of amides is 2. The van der Waals surface area contributed by atoms with Gasteiger partial charge in [-0.05, 0) is 67.5 Å². The van der Waals surface area contributed by atoms with Crippen molar-refractivity contribution in [3.63, 3.8) is 0 Å². The van der Waals surface area contributed by atoms with Crippen molar-refractivity contribution in [2.45, 2.75) is 77.9 Å². The second kappa shape index (κ2) is 7.62. The Morgan fingerprint density at radius 2 is 1.72 bits per heavy atom. The number of halogens is 1. The van der Waals surface area contributed by atoms with Gasteiger partial charge in [-0.15, -0.1) is 0 Å². The number of carbonyl (C=O) groups is 2. The zero-order valence-corrected chi connectivity index (χ0v) is 20.2. The van der Waals surface area contributed by atoms with Gasteiger partial charge in [0, 0.05) is 12.5 Å². The van der Waals surface area contributed by atoms with Crippen LogP contribution >= 0.6 is 0 Å². The quantitative estimate of drug-likeness (QED) is 0.655. The minimum absolute atomic E-state index is 0.0951. The number of anilines is 1. The predicted molar refractivity (Wildman–Crippen MR) is 118 cm³/mol. The number of cyclic esters (lactones) is 1. The van der Waals surface area contributed by atoms with Crippen molar-refractivity contribution >= 4 is 30.5 Å². The van der Waals surface area contributed by atoms with Crippen LogP contribution in [0.1, 0.15) is 55.4 Å².